The van der Waals surface area contributed by atoms with E-state index in [4.69, 9.17) is 0 Å². The number of rotatable bonds is 6. The molecule has 0 bridgehead atoms. The lowest BCUT2D eigenvalue weighted by molar-refractivity contribution is 0.318. The summed E-state index contributed by atoms with van der Waals surface area (Å²) in [5.74, 6) is 0. The zero-order chi connectivity index (χ0) is 21.0. The molecule has 1 aliphatic rings. The lowest BCUT2D eigenvalue weighted by Crippen LogP contribution is -2.46. The van der Waals surface area contributed by atoms with E-state index in [9.17, 15) is 0 Å². The van der Waals surface area contributed by atoms with Crippen molar-refractivity contribution >= 4 is 11.3 Å². The number of allylic oxidation sites excluding steroid dienone is 3. The van der Waals surface area contributed by atoms with E-state index in [1.165, 1.54) is 39.2 Å². The smallest absolute Gasteiger partial charge is 0.0397 e. The minimum Gasteiger partial charge on any atom is -0.371 e. The molecule has 1 aliphatic heterocycles. The zero-order valence-electron chi connectivity index (χ0n) is 18.5. The molecule has 1 saturated heterocycles. The fraction of sp³-hybridized carbons (Fsp3) is 0.333. The quantitative estimate of drug-likeness (QED) is 0.532. The van der Waals surface area contributed by atoms with E-state index < -0.39 is 0 Å². The lowest BCUT2D eigenvalue weighted by atomic mass is 9.90. The van der Waals surface area contributed by atoms with Gasteiger partial charge in [0.25, 0.3) is 0 Å². The van der Waals surface area contributed by atoms with Gasteiger partial charge in [-0.1, -0.05) is 61.2 Å². The molecule has 1 fully saturated rings. The van der Waals surface area contributed by atoms with Crippen LogP contribution in [0, 0.1) is 13.8 Å². The fourth-order valence-corrected chi connectivity index (χ4v) is 4.10. The molecule has 2 aromatic carbocycles. The summed E-state index contributed by atoms with van der Waals surface area (Å²) in [5.41, 5.74) is 10.3. The van der Waals surface area contributed by atoms with Crippen molar-refractivity contribution in [2.75, 3.05) is 31.1 Å². The predicted octanol–water partition coefficient (Wildman–Crippen LogP) is 6.38. The van der Waals surface area contributed by atoms with Gasteiger partial charge in [0.1, 0.15) is 0 Å². The van der Waals surface area contributed by atoms with Crippen LogP contribution in [0.5, 0.6) is 0 Å². The maximum absolute atomic E-state index is 4.47. The van der Waals surface area contributed by atoms with Crippen molar-refractivity contribution in [3.05, 3.63) is 95.2 Å². The molecule has 0 aliphatic carbocycles. The second-order valence-corrected chi connectivity index (χ2v) is 8.20. The predicted molar refractivity (Wildman–Crippen MR) is 127 cm³/mol. The monoisotopic (exact) mass is 386 g/mol. The van der Waals surface area contributed by atoms with E-state index >= 15 is 0 Å². The van der Waals surface area contributed by atoms with Gasteiger partial charge in [-0.25, -0.2) is 0 Å². The van der Waals surface area contributed by atoms with E-state index in [-0.39, 0.29) is 0 Å². The highest BCUT2D eigenvalue weighted by atomic mass is 15.3. The summed E-state index contributed by atoms with van der Waals surface area (Å²) in [4.78, 5) is 4.95. The molecular formula is C27H34N2. The second kappa shape index (κ2) is 9.17. The Balaban J connectivity index is 1.73. The van der Waals surface area contributed by atoms with Crippen molar-refractivity contribution in [1.82, 2.24) is 4.90 Å². The molecule has 2 nitrogen and oxygen atoms in total. The number of para-hydroxylation sites is 1. The molecule has 29 heavy (non-hydrogen) atoms. The van der Waals surface area contributed by atoms with Gasteiger partial charge in [0.2, 0.25) is 0 Å². The number of hydrogen-bond donors (Lipinski definition) is 0. The Hall–Kier alpha value is -2.74. The average molecular weight is 387 g/mol. The fourth-order valence-electron chi connectivity index (χ4n) is 4.10. The van der Waals surface area contributed by atoms with E-state index in [0.29, 0.717) is 0 Å². The molecule has 2 aromatic rings. The van der Waals surface area contributed by atoms with Gasteiger partial charge in [-0.2, -0.15) is 0 Å². The first-order chi connectivity index (χ1) is 13.9. The van der Waals surface area contributed by atoms with E-state index in [1.54, 1.807) is 0 Å². The van der Waals surface area contributed by atoms with Gasteiger partial charge in [0.05, 0.1) is 0 Å². The summed E-state index contributed by atoms with van der Waals surface area (Å²) in [6, 6.07) is 17.3. The molecule has 0 amide bonds. The molecule has 2 heteroatoms. The number of hydrogen-bond acceptors (Lipinski definition) is 2. The molecule has 0 unspecified atom stereocenters. The summed E-state index contributed by atoms with van der Waals surface area (Å²) in [6.45, 7) is 21.4. The summed E-state index contributed by atoms with van der Waals surface area (Å²) in [6.07, 6.45) is 0.869. The van der Waals surface area contributed by atoms with Crippen molar-refractivity contribution in [1.29, 1.82) is 0 Å². The second-order valence-electron chi connectivity index (χ2n) is 8.20. The van der Waals surface area contributed by atoms with Gasteiger partial charge in [-0.05, 0) is 61.6 Å². The molecule has 0 atom stereocenters. The first kappa shape index (κ1) is 21.0. The van der Waals surface area contributed by atoms with Crippen molar-refractivity contribution < 1.29 is 0 Å². The number of benzene rings is 2. The van der Waals surface area contributed by atoms with Crippen LogP contribution in [0.4, 0.5) is 5.69 Å². The third-order valence-corrected chi connectivity index (χ3v) is 6.13. The maximum atomic E-state index is 4.47. The summed E-state index contributed by atoms with van der Waals surface area (Å²) >= 11 is 0. The van der Waals surface area contributed by atoms with Crippen molar-refractivity contribution in [3.8, 4) is 0 Å². The van der Waals surface area contributed by atoms with Crippen LogP contribution in [0.15, 0.2) is 78.5 Å². The third-order valence-electron chi connectivity index (χ3n) is 6.13. The SMILES string of the molecule is C=C(C)/C(C)=C(\CC(=C)N1CCN(c2ccccc2C)CC1)c1ccccc1C. The lowest BCUT2D eigenvalue weighted by Gasteiger charge is -2.39. The minimum atomic E-state index is 0.869. The number of piperazine rings is 1. The normalized spacial score (nSPS) is 15.2. The van der Waals surface area contributed by atoms with Crippen molar-refractivity contribution in [3.63, 3.8) is 0 Å². The number of anilines is 1. The van der Waals surface area contributed by atoms with E-state index in [0.717, 1.165) is 38.2 Å². The highest BCUT2D eigenvalue weighted by molar-refractivity contribution is 5.75. The molecule has 3 rings (SSSR count). The zero-order valence-corrected chi connectivity index (χ0v) is 18.5. The molecule has 0 N–H and O–H groups in total. The summed E-state index contributed by atoms with van der Waals surface area (Å²) in [7, 11) is 0. The van der Waals surface area contributed by atoms with E-state index in [2.05, 4.69) is 99.2 Å². The Labute approximate surface area is 176 Å². The van der Waals surface area contributed by atoms with Crippen LogP contribution >= 0.6 is 0 Å². The third kappa shape index (κ3) is 4.82. The first-order valence-corrected chi connectivity index (χ1v) is 10.5. The van der Waals surface area contributed by atoms with E-state index in [1.807, 2.05) is 0 Å². The molecule has 1 heterocycles. The van der Waals surface area contributed by atoms with Crippen LogP contribution in [0.2, 0.25) is 0 Å². The number of nitrogens with zero attached hydrogens (tertiary/aromatic N) is 2. The minimum absolute atomic E-state index is 0.869. The van der Waals surface area contributed by atoms with Gasteiger partial charge in [-0.3, -0.25) is 0 Å². The van der Waals surface area contributed by atoms with Crippen molar-refractivity contribution in [2.24, 2.45) is 0 Å². The van der Waals surface area contributed by atoms with Gasteiger partial charge in [0, 0.05) is 44.0 Å². The highest BCUT2D eigenvalue weighted by Gasteiger charge is 2.21. The Morgan fingerprint density at radius 3 is 2.00 bits per heavy atom. The van der Waals surface area contributed by atoms with Crippen LogP contribution in [0.25, 0.3) is 5.57 Å². The number of aryl methyl sites for hydroxylation is 2. The summed E-state index contributed by atoms with van der Waals surface area (Å²) in [5, 5.41) is 0. The Morgan fingerprint density at radius 2 is 1.41 bits per heavy atom. The standard InChI is InChI=1S/C27H34N2/c1-20(2)24(6)26(25-13-9-7-11-21(25)3)19-23(5)28-15-17-29(18-16-28)27-14-10-8-12-22(27)4/h7-14H,1,5,15-19H2,2-4,6H3/b26-24+. The van der Waals surface area contributed by atoms with Crippen LogP contribution in [-0.4, -0.2) is 31.1 Å². The molecular weight excluding hydrogens is 352 g/mol. The highest BCUT2D eigenvalue weighted by Crippen LogP contribution is 2.32. The average Bonchev–Trinajstić information content (AvgIpc) is 2.72. The van der Waals surface area contributed by atoms with Gasteiger partial charge in [0.15, 0.2) is 0 Å². The van der Waals surface area contributed by atoms with Crippen LogP contribution in [-0.2, 0) is 0 Å². The molecule has 0 radical (unpaired) electrons. The van der Waals surface area contributed by atoms with Crippen LogP contribution < -0.4 is 4.90 Å². The van der Waals surface area contributed by atoms with Crippen molar-refractivity contribution in [2.45, 2.75) is 34.1 Å². The van der Waals surface area contributed by atoms with Gasteiger partial charge >= 0.3 is 0 Å². The topological polar surface area (TPSA) is 6.48 Å². The molecule has 0 saturated carbocycles. The first-order valence-electron chi connectivity index (χ1n) is 10.5. The Bertz CT molecular complexity index is 927. The summed E-state index contributed by atoms with van der Waals surface area (Å²) < 4.78 is 0. The van der Waals surface area contributed by atoms with Gasteiger partial charge in [-0.15, -0.1) is 0 Å². The molecule has 0 aromatic heterocycles. The Kier molecular flexibility index (Phi) is 6.64. The van der Waals surface area contributed by atoms with Crippen LogP contribution in [0.3, 0.4) is 0 Å². The Morgan fingerprint density at radius 1 is 0.828 bits per heavy atom. The largest absolute Gasteiger partial charge is 0.371 e. The molecule has 0 spiro atoms. The molecule has 152 valence electrons. The van der Waals surface area contributed by atoms with Gasteiger partial charge < -0.3 is 9.80 Å². The maximum Gasteiger partial charge on any atom is 0.0397 e. The van der Waals surface area contributed by atoms with Crippen LogP contribution in [0.1, 0.15) is 37.0 Å².